The van der Waals surface area contributed by atoms with E-state index in [2.05, 4.69) is 4.98 Å². The lowest BCUT2D eigenvalue weighted by molar-refractivity contribution is -0.122. The highest BCUT2D eigenvalue weighted by molar-refractivity contribution is 7.89. The summed E-state index contributed by atoms with van der Waals surface area (Å²) in [7, 11) is -3.61. The minimum absolute atomic E-state index is 0.0285. The molecule has 1 aliphatic rings. The van der Waals surface area contributed by atoms with E-state index in [-0.39, 0.29) is 29.9 Å². The third-order valence-electron chi connectivity index (χ3n) is 3.22. The molecule has 2 rings (SSSR count). The topological polar surface area (TPSA) is 119 Å². The quantitative estimate of drug-likeness (QED) is 0.779. The molecule has 1 amide bonds. The first-order chi connectivity index (χ1) is 8.91. The lowest BCUT2D eigenvalue weighted by atomic mass is 9.98. The van der Waals surface area contributed by atoms with Crippen LogP contribution in [0.4, 0.5) is 5.69 Å². The van der Waals surface area contributed by atoms with Crippen molar-refractivity contribution in [2.75, 3.05) is 18.8 Å². The molecule has 0 aromatic carbocycles. The summed E-state index contributed by atoms with van der Waals surface area (Å²) in [4.78, 5) is 14.9. The van der Waals surface area contributed by atoms with Crippen LogP contribution in [0.1, 0.15) is 12.8 Å². The number of sulfonamides is 1. The van der Waals surface area contributed by atoms with Crippen LogP contribution >= 0.6 is 0 Å². The highest BCUT2D eigenvalue weighted by Crippen LogP contribution is 2.22. The maximum absolute atomic E-state index is 12.3. The van der Waals surface area contributed by atoms with E-state index in [1.807, 2.05) is 0 Å². The minimum atomic E-state index is -3.61. The average Bonchev–Trinajstić information content (AvgIpc) is 2.39. The van der Waals surface area contributed by atoms with Crippen LogP contribution in [0, 0.1) is 5.92 Å². The summed E-state index contributed by atoms with van der Waals surface area (Å²) < 4.78 is 25.9. The number of hydrogen-bond donors (Lipinski definition) is 2. The van der Waals surface area contributed by atoms with E-state index in [0.717, 1.165) is 0 Å². The van der Waals surface area contributed by atoms with E-state index in [1.54, 1.807) is 0 Å². The molecule has 2 heterocycles. The van der Waals surface area contributed by atoms with E-state index in [0.29, 0.717) is 18.5 Å². The molecule has 1 saturated heterocycles. The fourth-order valence-corrected chi connectivity index (χ4v) is 3.44. The first kappa shape index (κ1) is 13.8. The summed E-state index contributed by atoms with van der Waals surface area (Å²) >= 11 is 0. The molecule has 4 N–H and O–H groups in total. The maximum Gasteiger partial charge on any atom is 0.260 e. The number of rotatable bonds is 3. The molecule has 1 aromatic rings. The number of pyridine rings is 1. The van der Waals surface area contributed by atoms with Crippen molar-refractivity contribution in [3.05, 3.63) is 18.3 Å². The Morgan fingerprint density at radius 1 is 1.32 bits per heavy atom. The normalized spacial score (nSPS) is 18.3. The van der Waals surface area contributed by atoms with Crippen LogP contribution in [0.2, 0.25) is 0 Å². The Bertz CT molecular complexity index is 562. The van der Waals surface area contributed by atoms with Crippen LogP contribution in [-0.2, 0) is 14.8 Å². The van der Waals surface area contributed by atoms with Gasteiger partial charge in [-0.3, -0.25) is 4.79 Å². The van der Waals surface area contributed by atoms with E-state index >= 15 is 0 Å². The van der Waals surface area contributed by atoms with Gasteiger partial charge in [0.25, 0.3) is 10.0 Å². The second kappa shape index (κ2) is 5.14. The Hall–Kier alpha value is -1.67. The van der Waals surface area contributed by atoms with Gasteiger partial charge in [-0.15, -0.1) is 0 Å². The number of amides is 1. The molecule has 1 aliphatic heterocycles. The predicted molar refractivity (Wildman–Crippen MR) is 69.3 cm³/mol. The number of piperidine rings is 1. The van der Waals surface area contributed by atoms with Gasteiger partial charge in [0, 0.05) is 19.0 Å². The van der Waals surface area contributed by atoms with E-state index in [9.17, 15) is 13.2 Å². The van der Waals surface area contributed by atoms with Gasteiger partial charge in [-0.25, -0.2) is 13.4 Å². The molecule has 1 aromatic heterocycles. The number of nitrogen functional groups attached to an aromatic ring is 1. The number of hydrogen-bond acceptors (Lipinski definition) is 5. The second-order valence-corrected chi connectivity index (χ2v) is 6.40. The zero-order valence-electron chi connectivity index (χ0n) is 10.3. The highest BCUT2D eigenvalue weighted by atomic mass is 32.2. The number of carbonyl (C=O) groups excluding carboxylic acids is 1. The zero-order chi connectivity index (χ0) is 14.0. The van der Waals surface area contributed by atoms with Crippen LogP contribution in [0.15, 0.2) is 23.4 Å². The molecule has 8 heteroatoms. The van der Waals surface area contributed by atoms with Gasteiger partial charge in [0.1, 0.15) is 0 Å². The fraction of sp³-hybridized carbons (Fsp3) is 0.455. The Morgan fingerprint density at radius 3 is 2.42 bits per heavy atom. The Labute approximate surface area is 111 Å². The average molecular weight is 284 g/mol. The molecule has 0 saturated carbocycles. The van der Waals surface area contributed by atoms with E-state index in [1.165, 1.54) is 22.6 Å². The Kier molecular flexibility index (Phi) is 3.72. The molecule has 0 unspecified atom stereocenters. The molecule has 104 valence electrons. The number of carbonyl (C=O) groups is 1. The molecule has 19 heavy (non-hydrogen) atoms. The van der Waals surface area contributed by atoms with Crippen LogP contribution in [0.5, 0.6) is 0 Å². The Morgan fingerprint density at radius 2 is 1.95 bits per heavy atom. The number of aromatic nitrogens is 1. The largest absolute Gasteiger partial charge is 0.397 e. The molecule has 0 spiro atoms. The predicted octanol–water partition coefficient (Wildman–Crippen LogP) is -0.450. The molecule has 7 nitrogen and oxygen atoms in total. The van der Waals surface area contributed by atoms with Crippen molar-refractivity contribution < 1.29 is 13.2 Å². The van der Waals surface area contributed by atoms with Crippen molar-refractivity contribution in [1.82, 2.24) is 9.29 Å². The summed E-state index contributed by atoms with van der Waals surface area (Å²) in [5.74, 6) is -0.617. The second-order valence-electron chi connectivity index (χ2n) is 4.51. The lowest BCUT2D eigenvalue weighted by Gasteiger charge is -2.29. The van der Waals surface area contributed by atoms with Gasteiger partial charge in [0.2, 0.25) is 5.91 Å². The van der Waals surface area contributed by atoms with Gasteiger partial charge in [0.15, 0.2) is 5.03 Å². The summed E-state index contributed by atoms with van der Waals surface area (Å²) in [6.45, 7) is 0.560. The van der Waals surface area contributed by atoms with Crippen LogP contribution in [0.25, 0.3) is 0 Å². The minimum Gasteiger partial charge on any atom is -0.397 e. The lowest BCUT2D eigenvalue weighted by Crippen LogP contribution is -2.41. The van der Waals surface area contributed by atoms with Gasteiger partial charge in [0.05, 0.1) is 11.9 Å². The third-order valence-corrected chi connectivity index (χ3v) is 5.03. The smallest absolute Gasteiger partial charge is 0.260 e. The zero-order valence-corrected chi connectivity index (χ0v) is 11.1. The van der Waals surface area contributed by atoms with Crippen molar-refractivity contribution in [2.24, 2.45) is 11.7 Å². The fourth-order valence-electron chi connectivity index (χ4n) is 2.06. The van der Waals surface area contributed by atoms with E-state index in [4.69, 9.17) is 11.5 Å². The molecule has 0 aliphatic carbocycles. The SMILES string of the molecule is NC(=O)C1CCN(S(=O)(=O)c2ccc(N)cn2)CC1. The molecular weight excluding hydrogens is 268 g/mol. The van der Waals surface area contributed by atoms with Crippen molar-refractivity contribution >= 4 is 21.6 Å². The summed E-state index contributed by atoms with van der Waals surface area (Å²) in [5, 5.41) is -0.0285. The van der Waals surface area contributed by atoms with Crippen molar-refractivity contribution in [3.8, 4) is 0 Å². The number of primary amides is 1. The summed E-state index contributed by atoms with van der Waals surface area (Å²) in [6, 6.07) is 2.88. The van der Waals surface area contributed by atoms with Gasteiger partial charge in [-0.05, 0) is 25.0 Å². The summed E-state index contributed by atoms with van der Waals surface area (Å²) in [6.07, 6.45) is 2.20. The monoisotopic (exact) mass is 284 g/mol. The molecule has 0 atom stereocenters. The standard InChI is InChI=1S/C11H16N4O3S/c12-9-1-2-10(14-7-9)19(17,18)15-5-3-8(4-6-15)11(13)16/h1-2,7-8H,3-6,12H2,(H2,13,16). The van der Waals surface area contributed by atoms with Gasteiger partial charge in [-0.2, -0.15) is 4.31 Å². The van der Waals surface area contributed by atoms with Gasteiger partial charge < -0.3 is 11.5 Å². The molecule has 0 radical (unpaired) electrons. The molecule has 0 bridgehead atoms. The van der Waals surface area contributed by atoms with Gasteiger partial charge in [-0.1, -0.05) is 0 Å². The number of anilines is 1. The van der Waals surface area contributed by atoms with E-state index < -0.39 is 10.0 Å². The molecule has 1 fully saturated rings. The number of nitrogens with two attached hydrogens (primary N) is 2. The molecular formula is C11H16N4O3S. The highest BCUT2D eigenvalue weighted by Gasteiger charge is 2.31. The van der Waals surface area contributed by atoms with Crippen molar-refractivity contribution in [1.29, 1.82) is 0 Å². The van der Waals surface area contributed by atoms with Gasteiger partial charge >= 0.3 is 0 Å². The maximum atomic E-state index is 12.3. The Balaban J connectivity index is 2.14. The first-order valence-corrected chi connectivity index (χ1v) is 7.36. The van der Waals surface area contributed by atoms with Crippen molar-refractivity contribution in [3.63, 3.8) is 0 Å². The number of nitrogens with zero attached hydrogens (tertiary/aromatic N) is 2. The van der Waals surface area contributed by atoms with Crippen LogP contribution in [-0.4, -0.2) is 36.7 Å². The van der Waals surface area contributed by atoms with Crippen LogP contribution in [0.3, 0.4) is 0 Å². The van der Waals surface area contributed by atoms with Crippen LogP contribution < -0.4 is 11.5 Å². The summed E-state index contributed by atoms with van der Waals surface area (Å²) in [5.41, 5.74) is 11.1. The first-order valence-electron chi connectivity index (χ1n) is 5.92. The third kappa shape index (κ3) is 2.85. The van der Waals surface area contributed by atoms with Crippen molar-refractivity contribution in [2.45, 2.75) is 17.9 Å².